The van der Waals surface area contributed by atoms with Crippen molar-refractivity contribution in [3.63, 3.8) is 0 Å². The van der Waals surface area contributed by atoms with Gasteiger partial charge in [-0.3, -0.25) is 0 Å². The largest absolute Gasteiger partial charge is 0.396 e. The summed E-state index contributed by atoms with van der Waals surface area (Å²) < 4.78 is 18.2. The first-order valence-electron chi connectivity index (χ1n) is 5.86. The number of aliphatic hydroxyl groups is 1. The van der Waals surface area contributed by atoms with Crippen LogP contribution in [0.25, 0.3) is 0 Å². The molecule has 2 atom stereocenters. The van der Waals surface area contributed by atoms with E-state index < -0.39 is 6.67 Å². The first kappa shape index (κ1) is 15.4. The van der Waals surface area contributed by atoms with Crippen molar-refractivity contribution in [1.82, 2.24) is 5.32 Å². The Labute approximate surface area is 112 Å². The van der Waals surface area contributed by atoms with Crippen LogP contribution in [0.2, 0.25) is 0 Å². The molecule has 0 heterocycles. The number of thioether (sulfide) groups is 1. The summed E-state index contributed by atoms with van der Waals surface area (Å²) in [5.41, 5.74) is 0.947. The van der Waals surface area contributed by atoms with Gasteiger partial charge >= 0.3 is 0 Å². The van der Waals surface area contributed by atoms with Gasteiger partial charge in [0.25, 0.3) is 0 Å². The van der Waals surface area contributed by atoms with Crippen molar-refractivity contribution in [2.45, 2.75) is 17.0 Å². The van der Waals surface area contributed by atoms with Crippen molar-refractivity contribution in [2.75, 3.05) is 33.2 Å². The van der Waals surface area contributed by atoms with Gasteiger partial charge in [-0.25, -0.2) is 4.39 Å². The fourth-order valence-corrected chi connectivity index (χ4v) is 2.41. The van der Waals surface area contributed by atoms with Crippen molar-refractivity contribution in [3.8, 4) is 0 Å². The van der Waals surface area contributed by atoms with E-state index in [4.69, 9.17) is 9.84 Å². The standard InChI is InChI=1S/C13H20FNO2S/c1-15-12(9-14)13(17-2)10-3-5-11(6-4-10)18-8-7-16/h3-6,12-13,15-16H,7-9H2,1-2H3/t12-,13-/m1/s1. The van der Waals surface area contributed by atoms with Crippen LogP contribution in [0.4, 0.5) is 4.39 Å². The van der Waals surface area contributed by atoms with E-state index in [0.29, 0.717) is 5.75 Å². The normalized spacial score (nSPS) is 14.4. The van der Waals surface area contributed by atoms with Gasteiger partial charge in [-0.15, -0.1) is 11.8 Å². The van der Waals surface area contributed by atoms with Crippen molar-refractivity contribution in [2.24, 2.45) is 0 Å². The van der Waals surface area contributed by atoms with Gasteiger partial charge in [0.2, 0.25) is 0 Å². The Bertz CT molecular complexity index is 330. The Morgan fingerprint density at radius 2 is 2.06 bits per heavy atom. The highest BCUT2D eigenvalue weighted by Gasteiger charge is 2.21. The zero-order valence-electron chi connectivity index (χ0n) is 10.7. The Morgan fingerprint density at radius 1 is 1.39 bits per heavy atom. The molecule has 5 heteroatoms. The Kier molecular flexibility index (Phi) is 7.27. The Hall–Kier alpha value is -0.620. The summed E-state index contributed by atoms with van der Waals surface area (Å²) in [6, 6.07) is 7.46. The molecule has 0 aliphatic carbocycles. The molecule has 0 aromatic heterocycles. The number of likely N-dealkylation sites (N-methyl/N-ethyl adjacent to an activating group) is 1. The Morgan fingerprint density at radius 3 is 2.50 bits per heavy atom. The quantitative estimate of drug-likeness (QED) is 0.711. The van der Waals surface area contributed by atoms with Crippen LogP contribution in [0.15, 0.2) is 29.2 Å². The molecule has 0 radical (unpaired) electrons. The van der Waals surface area contributed by atoms with Gasteiger partial charge in [-0.1, -0.05) is 12.1 Å². The highest BCUT2D eigenvalue weighted by molar-refractivity contribution is 7.99. The lowest BCUT2D eigenvalue weighted by molar-refractivity contribution is 0.0615. The molecule has 0 fully saturated rings. The molecule has 18 heavy (non-hydrogen) atoms. The molecule has 102 valence electrons. The van der Waals surface area contributed by atoms with Crippen LogP contribution < -0.4 is 5.32 Å². The maximum atomic E-state index is 12.9. The van der Waals surface area contributed by atoms with Crippen molar-refractivity contribution < 1.29 is 14.2 Å². The molecule has 0 aliphatic rings. The summed E-state index contributed by atoms with van der Waals surface area (Å²) in [5.74, 6) is 0.677. The van der Waals surface area contributed by atoms with E-state index >= 15 is 0 Å². The molecule has 1 aromatic carbocycles. The second-order valence-electron chi connectivity index (χ2n) is 3.85. The first-order valence-corrected chi connectivity index (χ1v) is 6.85. The van der Waals surface area contributed by atoms with Crippen LogP contribution in [0.1, 0.15) is 11.7 Å². The van der Waals surface area contributed by atoms with Crippen molar-refractivity contribution in [3.05, 3.63) is 29.8 Å². The molecule has 0 bridgehead atoms. The lowest BCUT2D eigenvalue weighted by Gasteiger charge is -2.23. The zero-order chi connectivity index (χ0) is 13.4. The Balaban J connectivity index is 2.74. The van der Waals surface area contributed by atoms with Crippen LogP contribution in [0.3, 0.4) is 0 Å². The third kappa shape index (κ3) is 4.24. The molecule has 2 N–H and O–H groups in total. The topological polar surface area (TPSA) is 41.5 Å². The van der Waals surface area contributed by atoms with E-state index in [0.717, 1.165) is 10.5 Å². The maximum absolute atomic E-state index is 12.9. The van der Waals surface area contributed by atoms with Gasteiger partial charge in [0.15, 0.2) is 0 Å². The lowest BCUT2D eigenvalue weighted by atomic mass is 10.0. The zero-order valence-corrected chi connectivity index (χ0v) is 11.5. The fourth-order valence-electron chi connectivity index (χ4n) is 1.76. The van der Waals surface area contributed by atoms with Crippen LogP contribution in [0.5, 0.6) is 0 Å². The average Bonchev–Trinajstić information content (AvgIpc) is 2.43. The van der Waals surface area contributed by atoms with E-state index in [1.54, 1.807) is 25.9 Å². The molecule has 0 spiro atoms. The van der Waals surface area contributed by atoms with Crippen molar-refractivity contribution in [1.29, 1.82) is 0 Å². The number of rotatable bonds is 8. The van der Waals surface area contributed by atoms with Gasteiger partial charge < -0.3 is 15.2 Å². The summed E-state index contributed by atoms with van der Waals surface area (Å²) in [4.78, 5) is 1.09. The van der Waals surface area contributed by atoms with Gasteiger partial charge in [0.1, 0.15) is 6.67 Å². The van der Waals surface area contributed by atoms with Gasteiger partial charge in [-0.2, -0.15) is 0 Å². The van der Waals surface area contributed by atoms with Crippen LogP contribution >= 0.6 is 11.8 Å². The van der Waals surface area contributed by atoms with Gasteiger partial charge in [-0.05, 0) is 24.7 Å². The number of benzene rings is 1. The van der Waals surface area contributed by atoms with Gasteiger partial charge in [0, 0.05) is 17.8 Å². The number of nitrogens with one attached hydrogen (secondary N) is 1. The molecule has 0 saturated heterocycles. The predicted octanol–water partition coefficient (Wildman–Crippen LogP) is 2.02. The predicted molar refractivity (Wildman–Crippen MR) is 72.8 cm³/mol. The highest BCUT2D eigenvalue weighted by Crippen LogP contribution is 2.24. The number of hydrogen-bond acceptors (Lipinski definition) is 4. The van der Waals surface area contributed by atoms with Crippen LogP contribution in [-0.2, 0) is 4.74 Å². The summed E-state index contributed by atoms with van der Waals surface area (Å²) in [7, 11) is 3.31. The van der Waals surface area contributed by atoms with E-state index in [1.165, 1.54) is 0 Å². The minimum Gasteiger partial charge on any atom is -0.396 e. The van der Waals surface area contributed by atoms with E-state index in [2.05, 4.69) is 5.32 Å². The first-order chi connectivity index (χ1) is 8.76. The average molecular weight is 273 g/mol. The number of methoxy groups -OCH3 is 1. The second-order valence-corrected chi connectivity index (χ2v) is 5.02. The molecule has 0 aliphatic heterocycles. The third-order valence-corrected chi connectivity index (χ3v) is 3.72. The molecule has 1 rings (SSSR count). The van der Waals surface area contributed by atoms with Crippen molar-refractivity contribution >= 4 is 11.8 Å². The van der Waals surface area contributed by atoms with E-state index in [9.17, 15) is 4.39 Å². The summed E-state index contributed by atoms with van der Waals surface area (Å²) in [5, 5.41) is 11.7. The number of halogens is 1. The van der Waals surface area contributed by atoms with Crippen LogP contribution in [-0.4, -0.2) is 44.3 Å². The summed E-state index contributed by atoms with van der Waals surface area (Å²) >= 11 is 1.59. The molecule has 3 nitrogen and oxygen atoms in total. The molecular weight excluding hydrogens is 253 g/mol. The number of aliphatic hydroxyl groups excluding tert-OH is 1. The fraction of sp³-hybridized carbons (Fsp3) is 0.538. The summed E-state index contributed by atoms with van der Waals surface area (Å²) in [6.45, 7) is -0.313. The summed E-state index contributed by atoms with van der Waals surface area (Å²) in [6.07, 6.45) is -0.295. The number of alkyl halides is 1. The minimum absolute atomic E-state index is 0.163. The monoisotopic (exact) mass is 273 g/mol. The second kappa shape index (κ2) is 8.48. The SMILES string of the molecule is CN[C@H](CF)[C@H](OC)c1ccc(SCCO)cc1. The molecule has 0 amide bonds. The molecule has 0 saturated carbocycles. The van der Waals surface area contributed by atoms with Crippen LogP contribution in [0, 0.1) is 0 Å². The molecule has 0 unspecified atom stereocenters. The third-order valence-electron chi connectivity index (χ3n) is 2.73. The number of ether oxygens (including phenoxy) is 1. The van der Waals surface area contributed by atoms with E-state index in [1.807, 2.05) is 24.3 Å². The smallest absolute Gasteiger partial charge is 0.108 e. The lowest BCUT2D eigenvalue weighted by Crippen LogP contribution is -2.35. The molecular formula is C13H20FNO2S. The van der Waals surface area contributed by atoms with Gasteiger partial charge in [0.05, 0.1) is 18.8 Å². The maximum Gasteiger partial charge on any atom is 0.108 e. The highest BCUT2D eigenvalue weighted by atomic mass is 32.2. The van der Waals surface area contributed by atoms with E-state index in [-0.39, 0.29) is 18.8 Å². The molecule has 1 aromatic rings. The minimum atomic E-state index is -0.476. The number of hydrogen-bond donors (Lipinski definition) is 2.